The van der Waals surface area contributed by atoms with Crippen LogP contribution in [0.3, 0.4) is 0 Å². The van der Waals surface area contributed by atoms with Gasteiger partial charge in [-0.15, -0.1) is 0 Å². The number of carboxylic acid groups (broad SMARTS) is 2. The number of carboxylic acids is 2. The molecule has 102 valence electrons. The molecule has 1 fully saturated rings. The number of aromatic carboxylic acids is 1. The maximum Gasteiger partial charge on any atom is 0.338 e. The highest BCUT2D eigenvalue weighted by Crippen LogP contribution is 2.30. The lowest BCUT2D eigenvalue weighted by Gasteiger charge is -2.12. The molecule has 5 nitrogen and oxygen atoms in total. The predicted octanol–water partition coefficient (Wildman–Crippen LogP) is 1.40. The molecule has 1 saturated heterocycles. The van der Waals surface area contributed by atoms with Crippen LogP contribution in [0.4, 0.5) is 8.78 Å². The lowest BCUT2D eigenvalue weighted by Crippen LogP contribution is -2.18. The van der Waals surface area contributed by atoms with Gasteiger partial charge in [0.15, 0.2) is 0 Å². The molecule has 0 radical (unpaired) electrons. The molecule has 2 atom stereocenters. The Hall–Kier alpha value is -2.02. The van der Waals surface area contributed by atoms with Gasteiger partial charge in [-0.3, -0.25) is 4.79 Å². The van der Waals surface area contributed by atoms with E-state index in [0.29, 0.717) is 6.07 Å². The molecule has 1 aliphatic rings. The van der Waals surface area contributed by atoms with E-state index in [2.05, 4.69) is 5.32 Å². The van der Waals surface area contributed by atoms with Crippen LogP contribution >= 0.6 is 0 Å². The summed E-state index contributed by atoms with van der Waals surface area (Å²) in [5, 5.41) is 20.3. The number of hydrogen-bond donors (Lipinski definition) is 3. The van der Waals surface area contributed by atoms with Crippen LogP contribution in [0, 0.1) is 17.6 Å². The van der Waals surface area contributed by atoms with Crippen molar-refractivity contribution in [2.75, 3.05) is 6.54 Å². The van der Waals surface area contributed by atoms with Crippen LogP contribution in [-0.4, -0.2) is 28.7 Å². The van der Waals surface area contributed by atoms with Crippen molar-refractivity contribution in [3.63, 3.8) is 0 Å². The lowest BCUT2D eigenvalue weighted by molar-refractivity contribution is -0.141. The average Bonchev–Trinajstić information content (AvgIpc) is 2.80. The van der Waals surface area contributed by atoms with Crippen LogP contribution < -0.4 is 5.32 Å². The number of nitrogens with one attached hydrogen (secondary N) is 1. The predicted molar refractivity (Wildman–Crippen MR) is 59.8 cm³/mol. The summed E-state index contributed by atoms with van der Waals surface area (Å²) in [5.74, 6) is -5.11. The fourth-order valence-electron chi connectivity index (χ4n) is 2.15. The number of carbonyl (C=O) groups is 2. The smallest absolute Gasteiger partial charge is 0.338 e. The molecule has 2 unspecified atom stereocenters. The van der Waals surface area contributed by atoms with E-state index in [1.54, 1.807) is 0 Å². The first-order valence-electron chi connectivity index (χ1n) is 5.58. The molecule has 0 saturated carbocycles. The van der Waals surface area contributed by atoms with E-state index < -0.39 is 41.1 Å². The molecule has 0 aromatic heterocycles. The van der Waals surface area contributed by atoms with Gasteiger partial charge in [0.05, 0.1) is 11.5 Å². The molecule has 1 aromatic carbocycles. The van der Waals surface area contributed by atoms with Gasteiger partial charge in [0.25, 0.3) is 0 Å². The van der Waals surface area contributed by atoms with Gasteiger partial charge in [-0.2, -0.15) is 0 Å². The van der Waals surface area contributed by atoms with Crippen molar-refractivity contribution in [1.82, 2.24) is 5.32 Å². The lowest BCUT2D eigenvalue weighted by atomic mass is 9.98. The molecule has 0 spiro atoms. The Morgan fingerprint density at radius 3 is 2.42 bits per heavy atom. The van der Waals surface area contributed by atoms with Crippen LogP contribution in [0.15, 0.2) is 12.1 Å². The first kappa shape index (κ1) is 13.4. The minimum atomic E-state index is -1.55. The van der Waals surface area contributed by atoms with E-state index in [9.17, 15) is 18.4 Å². The van der Waals surface area contributed by atoms with Gasteiger partial charge in [0.1, 0.15) is 11.6 Å². The average molecular weight is 271 g/mol. The monoisotopic (exact) mass is 271 g/mol. The van der Waals surface area contributed by atoms with Crippen LogP contribution in [0.5, 0.6) is 0 Å². The summed E-state index contributed by atoms with van der Waals surface area (Å²) in [6.45, 7) is 0.168. The van der Waals surface area contributed by atoms with Crippen molar-refractivity contribution in [3.05, 3.63) is 34.9 Å². The molecule has 1 aromatic rings. The quantitative estimate of drug-likeness (QED) is 0.773. The van der Waals surface area contributed by atoms with Crippen molar-refractivity contribution in [2.45, 2.75) is 12.5 Å². The molecule has 0 aliphatic carbocycles. The Bertz CT molecular complexity index is 547. The number of hydrogen-bond acceptors (Lipinski definition) is 3. The third-order valence-corrected chi connectivity index (χ3v) is 3.17. The molecular weight excluding hydrogens is 260 g/mol. The van der Waals surface area contributed by atoms with Crippen LogP contribution in [-0.2, 0) is 4.79 Å². The van der Waals surface area contributed by atoms with Gasteiger partial charge in [-0.1, -0.05) is 0 Å². The Balaban J connectivity index is 2.29. The van der Waals surface area contributed by atoms with Crippen molar-refractivity contribution >= 4 is 11.9 Å². The first-order valence-corrected chi connectivity index (χ1v) is 5.58. The molecule has 7 heteroatoms. The normalized spacial score (nSPS) is 22.4. The summed E-state index contributed by atoms with van der Waals surface area (Å²) in [4.78, 5) is 21.4. The molecule has 1 aliphatic heterocycles. The number of aliphatic carboxylic acids is 1. The van der Waals surface area contributed by atoms with Gasteiger partial charge >= 0.3 is 11.9 Å². The Labute approximate surface area is 106 Å². The number of halogens is 2. The van der Waals surface area contributed by atoms with E-state index in [0.717, 1.165) is 6.07 Å². The Morgan fingerprint density at radius 1 is 1.21 bits per heavy atom. The zero-order valence-electron chi connectivity index (χ0n) is 9.69. The second kappa shape index (κ2) is 4.93. The summed E-state index contributed by atoms with van der Waals surface area (Å²) in [5.41, 5.74) is -0.791. The zero-order chi connectivity index (χ0) is 14.2. The SMILES string of the molecule is O=C(O)c1cc(F)c(C2CC(C(=O)O)CN2)cc1F. The highest BCUT2D eigenvalue weighted by molar-refractivity contribution is 5.88. The zero-order valence-corrected chi connectivity index (χ0v) is 9.69. The van der Waals surface area contributed by atoms with Crippen LogP contribution in [0.1, 0.15) is 28.4 Å². The molecule has 2 rings (SSSR count). The van der Waals surface area contributed by atoms with Crippen molar-refractivity contribution < 1.29 is 28.6 Å². The number of benzene rings is 1. The second-order valence-corrected chi connectivity index (χ2v) is 4.39. The largest absolute Gasteiger partial charge is 0.481 e. The summed E-state index contributed by atoms with van der Waals surface area (Å²) < 4.78 is 27.3. The molecule has 19 heavy (non-hydrogen) atoms. The summed E-state index contributed by atoms with van der Waals surface area (Å²) in [6, 6.07) is 0.794. The summed E-state index contributed by atoms with van der Waals surface area (Å²) >= 11 is 0. The Morgan fingerprint density at radius 2 is 1.89 bits per heavy atom. The molecule has 3 N–H and O–H groups in total. The van der Waals surface area contributed by atoms with Crippen molar-refractivity contribution in [2.24, 2.45) is 5.92 Å². The van der Waals surface area contributed by atoms with E-state index in [1.165, 1.54) is 0 Å². The van der Waals surface area contributed by atoms with Gasteiger partial charge in [-0.05, 0) is 18.6 Å². The first-order chi connectivity index (χ1) is 8.90. The second-order valence-electron chi connectivity index (χ2n) is 4.39. The van der Waals surface area contributed by atoms with E-state index >= 15 is 0 Å². The number of rotatable bonds is 3. The standard InChI is InChI=1S/C12H11F2NO4/c13-8-3-7(12(18)19)9(14)2-6(8)10-1-5(4-15-10)11(16)17/h2-3,5,10,15H,1,4H2,(H,16,17)(H,18,19). The highest BCUT2D eigenvalue weighted by Gasteiger charge is 2.32. The van der Waals surface area contributed by atoms with Crippen molar-refractivity contribution in [1.29, 1.82) is 0 Å². The van der Waals surface area contributed by atoms with Gasteiger partial charge in [0.2, 0.25) is 0 Å². The van der Waals surface area contributed by atoms with Crippen molar-refractivity contribution in [3.8, 4) is 0 Å². The summed E-state index contributed by atoms with van der Waals surface area (Å²) in [7, 11) is 0. The highest BCUT2D eigenvalue weighted by atomic mass is 19.1. The van der Waals surface area contributed by atoms with Crippen LogP contribution in [0.25, 0.3) is 0 Å². The van der Waals surface area contributed by atoms with Gasteiger partial charge in [0, 0.05) is 18.2 Å². The molecular formula is C12H11F2NO4. The molecule has 0 bridgehead atoms. The minimum Gasteiger partial charge on any atom is -0.481 e. The molecule has 0 amide bonds. The fraction of sp³-hybridized carbons (Fsp3) is 0.333. The topological polar surface area (TPSA) is 86.6 Å². The van der Waals surface area contributed by atoms with E-state index in [-0.39, 0.29) is 18.5 Å². The third-order valence-electron chi connectivity index (χ3n) is 3.17. The minimum absolute atomic E-state index is 0.0498. The summed E-state index contributed by atoms with van der Waals surface area (Å²) in [6.07, 6.45) is 0.137. The maximum atomic E-state index is 13.8. The van der Waals surface area contributed by atoms with E-state index in [4.69, 9.17) is 10.2 Å². The fourth-order valence-corrected chi connectivity index (χ4v) is 2.15. The Kier molecular flexibility index (Phi) is 3.48. The molecule has 1 heterocycles. The van der Waals surface area contributed by atoms with Gasteiger partial charge in [-0.25, -0.2) is 13.6 Å². The van der Waals surface area contributed by atoms with Crippen LogP contribution in [0.2, 0.25) is 0 Å². The van der Waals surface area contributed by atoms with E-state index in [1.807, 2.05) is 0 Å². The maximum absolute atomic E-state index is 13.8. The van der Waals surface area contributed by atoms with Gasteiger partial charge < -0.3 is 15.5 Å². The third kappa shape index (κ3) is 2.55.